The molecule has 0 spiro atoms. The Morgan fingerprint density at radius 1 is 0.396 bits per heavy atom. The molecule has 0 amide bonds. The zero-order chi connectivity index (χ0) is 40.8. The molecule has 0 bridgehead atoms. The van der Waals surface area contributed by atoms with Crippen LogP contribution in [-0.2, 0) is 14.4 Å². The van der Waals surface area contributed by atoms with Crippen molar-refractivity contribution in [1.82, 2.24) is 0 Å². The number of thiol groups is 3. The van der Waals surface area contributed by atoms with E-state index in [1.54, 1.807) is 40.8 Å². The van der Waals surface area contributed by atoms with E-state index in [0.717, 1.165) is 38.5 Å². The third kappa shape index (κ3) is 55.9. The van der Waals surface area contributed by atoms with Crippen molar-refractivity contribution < 1.29 is 29.7 Å². The fourth-order valence-electron chi connectivity index (χ4n) is 5.10. The van der Waals surface area contributed by atoms with Crippen molar-refractivity contribution in [3.8, 4) is 0 Å². The molecule has 53 heavy (non-hydrogen) atoms. The third-order valence-electron chi connectivity index (χ3n) is 8.35. The number of allylic oxidation sites excluding steroid dienone is 3. The topological polar surface area (TPSA) is 120 Å². The van der Waals surface area contributed by atoms with Gasteiger partial charge in [-0.1, -0.05) is 192 Å². The van der Waals surface area contributed by atoms with Crippen molar-refractivity contribution >= 4 is 78.3 Å². The average Bonchev–Trinajstić information content (AvgIpc) is 3.14. The molecule has 0 saturated carbocycles. The van der Waals surface area contributed by atoms with E-state index in [1.807, 2.05) is 18.2 Å². The van der Waals surface area contributed by atoms with Gasteiger partial charge in [0.15, 0.2) is 0 Å². The van der Waals surface area contributed by atoms with E-state index < -0.39 is 33.7 Å². The zero-order valence-electron chi connectivity index (χ0n) is 34.1. The summed E-state index contributed by atoms with van der Waals surface area (Å²) >= 11 is 13.2. The van der Waals surface area contributed by atoms with Crippen LogP contribution >= 0.6 is 37.9 Å². The van der Waals surface area contributed by atoms with E-state index in [2.05, 4.69) is 63.6 Å². The van der Waals surface area contributed by atoms with Crippen molar-refractivity contribution in [2.24, 2.45) is 0 Å². The Balaban J connectivity index is -0.000000331. The standard InChI is InChI=1S/3C14H26O2S.CH3.Sn/c3*1-2-3-4-5-6-7-8-9-10-11-12-13(17)14(15)16;;/h3*11-13,17H,2-10H2,1H3,(H,15,16);1H3;/q;;;;+3/p-3. The average molecular weight is 906 g/mol. The third-order valence-corrected chi connectivity index (χ3v) is 9.50. The van der Waals surface area contributed by atoms with Gasteiger partial charge in [0.05, 0.1) is 33.7 Å². The van der Waals surface area contributed by atoms with Crippen LogP contribution in [0.5, 0.6) is 0 Å². The Bertz CT molecular complexity index is 760. The number of rotatable bonds is 33. The molecule has 0 heterocycles. The first-order valence-corrected chi connectivity index (χ1v) is 25.1. The van der Waals surface area contributed by atoms with Crippen LogP contribution in [0.25, 0.3) is 0 Å². The van der Waals surface area contributed by atoms with Crippen molar-refractivity contribution in [2.45, 2.75) is 215 Å². The van der Waals surface area contributed by atoms with Gasteiger partial charge in [-0.05, 0) is 38.5 Å². The van der Waals surface area contributed by atoms with E-state index in [-0.39, 0.29) is 0 Å². The number of carboxylic acids is 3. The number of hydrogen-bond acceptors (Lipinski definition) is 9. The van der Waals surface area contributed by atoms with Gasteiger partial charge >= 0.3 is 27.5 Å². The molecule has 0 aromatic carbocycles. The van der Waals surface area contributed by atoms with Crippen LogP contribution in [0.2, 0.25) is 4.94 Å². The second-order valence-electron chi connectivity index (χ2n) is 13.4. The summed E-state index contributed by atoms with van der Waals surface area (Å²) < 4.78 is 0. The summed E-state index contributed by atoms with van der Waals surface area (Å²) in [5.74, 6) is -3.37. The first-order valence-electron chi connectivity index (χ1n) is 20.7. The van der Waals surface area contributed by atoms with Crippen LogP contribution in [-0.4, -0.2) is 56.2 Å². The summed E-state index contributed by atoms with van der Waals surface area (Å²) in [5, 5.41) is 28.8. The summed E-state index contributed by atoms with van der Waals surface area (Å²) in [5.41, 5.74) is 0. The quantitative estimate of drug-likeness (QED) is 0.0261. The van der Waals surface area contributed by atoms with Crippen LogP contribution in [0.4, 0.5) is 0 Å². The van der Waals surface area contributed by atoms with Crippen molar-refractivity contribution in [3.05, 3.63) is 36.5 Å². The first-order chi connectivity index (χ1) is 25.5. The second-order valence-corrected chi connectivity index (χ2v) is 15.0. The number of hydrogen-bond donors (Lipinski definition) is 3. The predicted octanol–water partition coefficient (Wildman–Crippen LogP) is 9.57. The molecule has 0 fully saturated rings. The van der Waals surface area contributed by atoms with Crippen LogP contribution in [0.3, 0.4) is 0 Å². The molecule has 0 radical (unpaired) electrons. The zero-order valence-corrected chi connectivity index (χ0v) is 39.6. The molecule has 0 aliphatic heterocycles. The Hall–Kier alpha value is -0.521. The number of aliphatic carboxylic acids is 3. The Kier molecular flexibility index (Phi) is 57.5. The molecule has 3 unspecified atom stereocenters. The van der Waals surface area contributed by atoms with E-state index in [9.17, 15) is 29.7 Å². The van der Waals surface area contributed by atoms with E-state index >= 15 is 0 Å². The van der Waals surface area contributed by atoms with Gasteiger partial charge in [0.2, 0.25) is 0 Å². The Morgan fingerprint density at radius 3 is 0.736 bits per heavy atom. The fourth-order valence-corrected chi connectivity index (χ4v) is 5.46. The minimum absolute atomic E-state index is 0.760. The van der Waals surface area contributed by atoms with Gasteiger partial charge < -0.3 is 29.7 Å². The summed E-state index contributed by atoms with van der Waals surface area (Å²) in [7, 11) is 0. The van der Waals surface area contributed by atoms with Gasteiger partial charge in [-0.25, -0.2) is 0 Å². The number of carbonyl (C=O) groups is 3. The Labute approximate surface area is 357 Å². The van der Waals surface area contributed by atoms with Gasteiger partial charge in [0, 0.05) is 0 Å². The molecule has 10 heteroatoms. The van der Waals surface area contributed by atoms with Gasteiger partial charge in [-0.3, -0.25) is 0 Å². The molecular weight excluding hydrogens is 827 g/mol. The summed E-state index contributed by atoms with van der Waals surface area (Å²) in [6.45, 7) is 6.69. The van der Waals surface area contributed by atoms with Crippen LogP contribution in [0.15, 0.2) is 36.5 Å². The molecule has 0 aliphatic rings. The predicted molar refractivity (Wildman–Crippen MR) is 234 cm³/mol. The van der Waals surface area contributed by atoms with Gasteiger partial charge in [-0.2, -0.15) is 37.9 Å². The van der Waals surface area contributed by atoms with E-state index in [1.165, 1.54) is 135 Å². The van der Waals surface area contributed by atoms with E-state index in [4.69, 9.17) is 0 Å². The van der Waals surface area contributed by atoms with Crippen molar-refractivity contribution in [1.29, 1.82) is 0 Å². The maximum absolute atomic E-state index is 10.4. The monoisotopic (exact) mass is 906 g/mol. The van der Waals surface area contributed by atoms with Crippen molar-refractivity contribution in [3.63, 3.8) is 0 Å². The molecule has 3 atom stereocenters. The molecule has 0 saturated heterocycles. The summed E-state index contributed by atoms with van der Waals surface area (Å²) in [6.07, 6.45) is 44.4. The molecule has 0 aromatic rings. The van der Waals surface area contributed by atoms with Crippen LogP contribution in [0.1, 0.15) is 194 Å². The molecular formula is C43H78O6S3Sn. The number of carboxylic acid groups (broad SMARTS) is 3. The first kappa shape index (κ1) is 59.2. The second kappa shape index (κ2) is 51.5. The van der Waals surface area contributed by atoms with Crippen LogP contribution in [0, 0.1) is 0 Å². The van der Waals surface area contributed by atoms with Gasteiger partial charge in [0.1, 0.15) is 0 Å². The molecule has 0 aliphatic carbocycles. The minimum atomic E-state index is -1.12. The number of unbranched alkanes of at least 4 members (excludes halogenated alkanes) is 24. The molecule has 0 aromatic heterocycles. The Morgan fingerprint density at radius 2 is 0.566 bits per heavy atom. The fraction of sp³-hybridized carbons (Fsp3) is 0.791. The molecule has 0 rings (SSSR count). The summed E-state index contributed by atoms with van der Waals surface area (Å²) in [4.78, 5) is 33.1. The van der Waals surface area contributed by atoms with Gasteiger partial charge in [0.25, 0.3) is 0 Å². The maximum atomic E-state index is 10.4. The molecule has 6 nitrogen and oxygen atoms in total. The van der Waals surface area contributed by atoms with Crippen LogP contribution < -0.4 is 15.3 Å². The SMILES string of the molecule is CCCCCCCCCCC=CC(S)C(=O)[O-].CCCCCCCCCCC=CC(S)C(=O)[O-].CCCCCCCCCCC=CC(S)C(=O)[O-].[CH3][Sn+3]. The molecule has 308 valence electrons. The van der Waals surface area contributed by atoms with Crippen molar-refractivity contribution in [2.75, 3.05) is 0 Å². The van der Waals surface area contributed by atoms with E-state index in [0.29, 0.717) is 0 Å². The normalized spacial score (nSPS) is 12.7. The molecule has 0 N–H and O–H groups in total. The number of carbonyl (C=O) groups excluding carboxylic acids is 3. The summed E-state index contributed by atoms with van der Waals surface area (Å²) in [6, 6.07) is 0. The van der Waals surface area contributed by atoms with Gasteiger partial charge in [-0.15, -0.1) is 0 Å².